The maximum Gasteiger partial charge on any atom is 0.189 e. The van der Waals surface area contributed by atoms with Crippen LogP contribution in [0.2, 0.25) is 5.02 Å². The third-order valence-corrected chi connectivity index (χ3v) is 3.38. The molecule has 1 heterocycles. The number of thioether (sulfide) groups is 1. The molecule has 0 aliphatic rings. The predicted octanol–water partition coefficient (Wildman–Crippen LogP) is 3.26. The van der Waals surface area contributed by atoms with Crippen LogP contribution in [0.1, 0.15) is 5.56 Å². The van der Waals surface area contributed by atoms with Crippen LogP contribution < -0.4 is 5.32 Å². The molecule has 0 aliphatic heterocycles. The number of halogens is 1. The molecule has 0 fully saturated rings. The van der Waals surface area contributed by atoms with Crippen molar-refractivity contribution >= 4 is 29.2 Å². The topological polar surface area (TPSA) is 63.7 Å². The lowest BCUT2D eigenvalue weighted by atomic mass is 10.1. The van der Waals surface area contributed by atoms with Gasteiger partial charge in [0.05, 0.1) is 10.7 Å². The lowest BCUT2D eigenvalue weighted by Crippen LogP contribution is -2.02. The Morgan fingerprint density at radius 1 is 1.32 bits per heavy atom. The van der Waals surface area contributed by atoms with Crippen LogP contribution in [-0.2, 0) is 0 Å². The van der Waals surface area contributed by atoms with Crippen molar-refractivity contribution in [3.63, 3.8) is 0 Å². The number of rotatable bonds is 3. The summed E-state index contributed by atoms with van der Waals surface area (Å²) >= 11 is 7.57. The Morgan fingerprint density at radius 3 is 2.63 bits per heavy atom. The monoisotopic (exact) mass is 289 g/mol. The number of hydrogen-bond donors (Lipinski definition) is 0. The van der Waals surface area contributed by atoms with Crippen LogP contribution >= 0.6 is 23.4 Å². The second kappa shape index (κ2) is 5.91. The maximum absolute atomic E-state index is 9.31. The van der Waals surface area contributed by atoms with Crippen LogP contribution in [0.15, 0.2) is 29.4 Å². The first-order valence-electron chi connectivity index (χ1n) is 5.42. The van der Waals surface area contributed by atoms with E-state index in [0.717, 1.165) is 0 Å². The van der Waals surface area contributed by atoms with E-state index in [1.165, 1.54) is 11.8 Å². The summed E-state index contributed by atoms with van der Waals surface area (Å²) in [6, 6.07) is 9.39. The van der Waals surface area contributed by atoms with Crippen molar-refractivity contribution in [1.29, 1.82) is 5.26 Å². The molecule has 1 radical (unpaired) electrons. The molecular formula is C13H10ClN4S. The van der Waals surface area contributed by atoms with Gasteiger partial charge in [0.2, 0.25) is 0 Å². The first-order valence-corrected chi connectivity index (χ1v) is 7.02. The van der Waals surface area contributed by atoms with Crippen LogP contribution in [0.5, 0.6) is 0 Å². The highest BCUT2D eigenvalue weighted by molar-refractivity contribution is 7.98. The lowest BCUT2D eigenvalue weighted by Gasteiger charge is -2.09. The largest absolute Gasteiger partial charge is 0.269 e. The zero-order valence-corrected chi connectivity index (χ0v) is 12.0. The van der Waals surface area contributed by atoms with Crippen molar-refractivity contribution in [2.24, 2.45) is 0 Å². The normalized spacial score (nSPS) is 10.0. The molecule has 0 aliphatic carbocycles. The molecule has 0 saturated carbocycles. The van der Waals surface area contributed by atoms with E-state index in [9.17, 15) is 5.26 Å². The molecule has 2 rings (SSSR count). The fourth-order valence-corrected chi connectivity index (χ4v) is 2.22. The van der Waals surface area contributed by atoms with E-state index < -0.39 is 0 Å². The first-order chi connectivity index (χ1) is 9.21. The summed E-state index contributed by atoms with van der Waals surface area (Å²) in [5.41, 5.74) is 1.57. The standard InChI is InChI=1S/C13H10ClN4S/c1-16-12-9(7-15)11(17-13(18-12)19-2)8-5-3-4-6-10(8)14/h3-6H,1-2H3. The average molecular weight is 290 g/mol. The highest BCUT2D eigenvalue weighted by atomic mass is 35.5. The Kier molecular flexibility index (Phi) is 4.25. The summed E-state index contributed by atoms with van der Waals surface area (Å²) in [6.45, 7) is 0. The molecule has 0 saturated heterocycles. The van der Waals surface area contributed by atoms with E-state index >= 15 is 0 Å². The van der Waals surface area contributed by atoms with E-state index in [-0.39, 0.29) is 0 Å². The van der Waals surface area contributed by atoms with E-state index in [2.05, 4.69) is 21.4 Å². The summed E-state index contributed by atoms with van der Waals surface area (Å²) in [4.78, 5) is 8.60. The van der Waals surface area contributed by atoms with Gasteiger partial charge in [-0.05, 0) is 12.3 Å². The molecule has 1 aromatic carbocycles. The highest BCUT2D eigenvalue weighted by Crippen LogP contribution is 2.32. The van der Waals surface area contributed by atoms with Crippen molar-refractivity contribution in [1.82, 2.24) is 15.3 Å². The molecule has 0 amide bonds. The van der Waals surface area contributed by atoms with Gasteiger partial charge in [-0.1, -0.05) is 41.6 Å². The maximum atomic E-state index is 9.31. The Labute approximate surface area is 120 Å². The van der Waals surface area contributed by atoms with Gasteiger partial charge in [-0.2, -0.15) is 5.26 Å². The molecule has 19 heavy (non-hydrogen) atoms. The van der Waals surface area contributed by atoms with Crippen molar-refractivity contribution in [3.05, 3.63) is 34.9 Å². The zero-order chi connectivity index (χ0) is 13.8. The number of aromatic nitrogens is 2. The van der Waals surface area contributed by atoms with E-state index in [1.807, 2.05) is 24.5 Å². The molecule has 2 aromatic rings. The summed E-state index contributed by atoms with van der Waals surface area (Å²) in [7, 11) is 1.60. The van der Waals surface area contributed by atoms with Crippen LogP contribution in [-0.4, -0.2) is 23.3 Å². The van der Waals surface area contributed by atoms with Crippen LogP contribution in [0.3, 0.4) is 0 Å². The van der Waals surface area contributed by atoms with Gasteiger partial charge >= 0.3 is 0 Å². The van der Waals surface area contributed by atoms with Gasteiger partial charge in [0, 0.05) is 12.6 Å². The van der Waals surface area contributed by atoms with Gasteiger partial charge in [-0.3, -0.25) is 5.32 Å². The number of nitriles is 1. The number of benzene rings is 1. The molecule has 1 aromatic heterocycles. The van der Waals surface area contributed by atoms with Crippen LogP contribution in [0.4, 0.5) is 5.82 Å². The van der Waals surface area contributed by atoms with E-state index in [1.54, 1.807) is 13.1 Å². The zero-order valence-electron chi connectivity index (χ0n) is 10.4. The second-order valence-corrected chi connectivity index (χ2v) is 4.75. The third-order valence-electron chi connectivity index (χ3n) is 2.50. The average Bonchev–Trinajstić information content (AvgIpc) is 2.46. The van der Waals surface area contributed by atoms with Crippen molar-refractivity contribution in [2.45, 2.75) is 5.16 Å². The first kappa shape index (κ1) is 13.7. The van der Waals surface area contributed by atoms with Gasteiger partial charge in [-0.15, -0.1) is 0 Å². The van der Waals surface area contributed by atoms with Crippen LogP contribution in [0.25, 0.3) is 11.3 Å². The Bertz CT molecular complexity index is 652. The Balaban J connectivity index is 2.75. The third kappa shape index (κ3) is 2.65. The minimum Gasteiger partial charge on any atom is -0.269 e. The van der Waals surface area contributed by atoms with Gasteiger partial charge in [0.15, 0.2) is 11.0 Å². The summed E-state index contributed by atoms with van der Waals surface area (Å²) in [5, 5.41) is 14.5. The quantitative estimate of drug-likeness (QED) is 0.643. The smallest absolute Gasteiger partial charge is 0.189 e. The van der Waals surface area contributed by atoms with Crippen molar-refractivity contribution < 1.29 is 0 Å². The summed E-state index contributed by atoms with van der Waals surface area (Å²) < 4.78 is 0. The fourth-order valence-electron chi connectivity index (χ4n) is 1.63. The molecule has 0 spiro atoms. The van der Waals surface area contributed by atoms with Gasteiger partial charge in [0.1, 0.15) is 11.6 Å². The molecule has 0 N–H and O–H groups in total. The SMILES string of the molecule is C[N]c1nc(SC)nc(-c2ccccc2Cl)c1C#N. The van der Waals surface area contributed by atoms with Crippen molar-refractivity contribution in [3.8, 4) is 17.3 Å². The molecule has 4 nitrogen and oxygen atoms in total. The number of hydrogen-bond acceptors (Lipinski definition) is 4. The van der Waals surface area contributed by atoms with E-state index in [4.69, 9.17) is 11.6 Å². The number of nitrogens with zero attached hydrogens (tertiary/aromatic N) is 4. The molecule has 0 atom stereocenters. The van der Waals surface area contributed by atoms with Gasteiger partial charge in [0.25, 0.3) is 0 Å². The van der Waals surface area contributed by atoms with Gasteiger partial charge in [-0.25, -0.2) is 9.97 Å². The lowest BCUT2D eigenvalue weighted by molar-refractivity contribution is 0.906. The highest BCUT2D eigenvalue weighted by Gasteiger charge is 2.17. The predicted molar refractivity (Wildman–Crippen MR) is 76.7 cm³/mol. The molecular weight excluding hydrogens is 280 g/mol. The van der Waals surface area contributed by atoms with Crippen molar-refractivity contribution in [2.75, 3.05) is 13.3 Å². The molecule has 95 valence electrons. The Morgan fingerprint density at radius 2 is 2.05 bits per heavy atom. The summed E-state index contributed by atoms with van der Waals surface area (Å²) in [5.74, 6) is 0.386. The van der Waals surface area contributed by atoms with E-state index in [0.29, 0.717) is 32.8 Å². The fraction of sp³-hybridized carbons (Fsp3) is 0.154. The minimum absolute atomic E-state index is 0.341. The molecule has 6 heteroatoms. The Hall–Kier alpha value is -1.77. The molecule has 0 unspecified atom stereocenters. The minimum atomic E-state index is 0.341. The van der Waals surface area contributed by atoms with Crippen LogP contribution in [0, 0.1) is 11.3 Å². The van der Waals surface area contributed by atoms with Gasteiger partial charge < -0.3 is 0 Å². The summed E-state index contributed by atoms with van der Waals surface area (Å²) in [6.07, 6.45) is 1.87. The molecule has 0 bridgehead atoms. The second-order valence-electron chi connectivity index (χ2n) is 3.57.